The van der Waals surface area contributed by atoms with Crippen LogP contribution < -0.4 is 21.5 Å². The van der Waals surface area contributed by atoms with Crippen LogP contribution in [0.2, 0.25) is 0 Å². The fourth-order valence-electron chi connectivity index (χ4n) is 4.86. The Kier molecular flexibility index (Phi) is 8.58. The Morgan fingerprint density at radius 2 is 1.97 bits per heavy atom. The number of hydrogen-bond acceptors (Lipinski definition) is 9. The molecular weight excluding hydrogens is 512 g/mol. The third-order valence-electron chi connectivity index (χ3n) is 6.83. The van der Waals surface area contributed by atoms with Gasteiger partial charge in [-0.25, -0.2) is 13.8 Å². The monoisotopic (exact) mass is 543 g/mol. The van der Waals surface area contributed by atoms with Crippen molar-refractivity contribution < 1.29 is 33.3 Å². The van der Waals surface area contributed by atoms with E-state index in [1.807, 2.05) is 6.92 Å². The van der Waals surface area contributed by atoms with Gasteiger partial charge in [0.15, 0.2) is 11.5 Å². The van der Waals surface area contributed by atoms with Crippen LogP contribution in [0.4, 0.5) is 20.2 Å². The maximum Gasteiger partial charge on any atom is 0.276 e. The highest BCUT2D eigenvalue weighted by Crippen LogP contribution is 2.39. The second-order valence-electron chi connectivity index (χ2n) is 9.61. The molecule has 1 aromatic carbocycles. The number of carbonyl (C=O) groups is 1. The number of phenols is 1. The number of anilines is 2. The van der Waals surface area contributed by atoms with E-state index in [0.29, 0.717) is 18.5 Å². The first kappa shape index (κ1) is 28.1. The van der Waals surface area contributed by atoms with Crippen LogP contribution >= 0.6 is 0 Å². The zero-order valence-corrected chi connectivity index (χ0v) is 21.5. The highest BCUT2D eigenvalue weighted by Gasteiger charge is 2.34. The average Bonchev–Trinajstić information content (AvgIpc) is 2.88. The van der Waals surface area contributed by atoms with E-state index in [1.54, 1.807) is 12.3 Å². The Bertz CT molecular complexity index is 1320. The number of aromatic nitrogens is 2. The lowest BCUT2D eigenvalue weighted by Gasteiger charge is -2.36. The van der Waals surface area contributed by atoms with E-state index in [9.17, 15) is 23.8 Å². The molecule has 2 heterocycles. The van der Waals surface area contributed by atoms with Gasteiger partial charge in [-0.15, -0.1) is 0 Å². The molecule has 1 saturated carbocycles. The predicted molar refractivity (Wildman–Crippen MR) is 140 cm³/mol. The molecule has 4 rings (SSSR count). The van der Waals surface area contributed by atoms with E-state index in [1.165, 1.54) is 13.3 Å². The number of phenolic OH excluding ortho intramolecular Hbond substituents is 1. The number of aromatic hydroxyl groups is 1. The predicted octanol–water partition coefficient (Wildman–Crippen LogP) is 3.19. The molecule has 0 spiro atoms. The largest absolute Gasteiger partial charge is 0.507 e. The van der Waals surface area contributed by atoms with Gasteiger partial charge in [0.2, 0.25) is 0 Å². The third-order valence-corrected chi connectivity index (χ3v) is 6.83. The van der Waals surface area contributed by atoms with Crippen molar-refractivity contribution in [1.29, 1.82) is 0 Å². The molecule has 1 fully saturated rings. The van der Waals surface area contributed by atoms with Gasteiger partial charge in [0.05, 0.1) is 35.8 Å². The summed E-state index contributed by atoms with van der Waals surface area (Å²) in [5, 5.41) is 23.4. The van der Waals surface area contributed by atoms with Crippen LogP contribution in [0.3, 0.4) is 0 Å². The number of aliphatic hydroxyl groups is 1. The Hall–Kier alpha value is -3.87. The number of ether oxygens (including phenoxy) is 2. The number of methoxy groups -OCH3 is 1. The van der Waals surface area contributed by atoms with Crippen LogP contribution in [0, 0.1) is 17.6 Å². The topological polar surface area (TPSA) is 166 Å². The van der Waals surface area contributed by atoms with Gasteiger partial charge in [-0.1, -0.05) is 6.92 Å². The number of halogens is 2. The van der Waals surface area contributed by atoms with Gasteiger partial charge in [-0.05, 0) is 36.3 Å². The van der Waals surface area contributed by atoms with Gasteiger partial charge in [0.1, 0.15) is 29.6 Å². The van der Waals surface area contributed by atoms with Crippen molar-refractivity contribution in [2.75, 3.05) is 31.4 Å². The van der Waals surface area contributed by atoms with Crippen molar-refractivity contribution in [2.45, 2.75) is 37.8 Å². The Labute approximate surface area is 224 Å². The van der Waals surface area contributed by atoms with Gasteiger partial charge in [0, 0.05) is 37.5 Å². The Morgan fingerprint density at radius 1 is 1.21 bits per heavy atom. The van der Waals surface area contributed by atoms with E-state index in [0.717, 1.165) is 23.8 Å². The summed E-state index contributed by atoms with van der Waals surface area (Å²) in [5.74, 6) is -3.55. The molecule has 0 unspecified atom stereocenters. The summed E-state index contributed by atoms with van der Waals surface area (Å²) >= 11 is 0. The molecule has 39 heavy (non-hydrogen) atoms. The summed E-state index contributed by atoms with van der Waals surface area (Å²) in [6.45, 7) is 2.26. The van der Waals surface area contributed by atoms with Crippen molar-refractivity contribution in [1.82, 2.24) is 9.97 Å². The van der Waals surface area contributed by atoms with E-state index in [2.05, 4.69) is 15.3 Å². The maximum absolute atomic E-state index is 15.0. The number of nitrogens with zero attached hydrogens (tertiary/aromatic N) is 2. The minimum atomic E-state index is -1.03. The molecule has 1 aliphatic carbocycles. The fourth-order valence-corrected chi connectivity index (χ4v) is 4.86. The molecule has 1 aliphatic rings. The summed E-state index contributed by atoms with van der Waals surface area (Å²) in [4.78, 5) is 21.3. The van der Waals surface area contributed by atoms with E-state index in [-0.39, 0.29) is 42.2 Å². The summed E-state index contributed by atoms with van der Waals surface area (Å²) < 4.78 is 40.0. The van der Waals surface area contributed by atoms with E-state index >= 15 is 0 Å². The molecule has 0 aliphatic heterocycles. The normalized spacial score (nSPS) is 21.0. The van der Waals surface area contributed by atoms with Crippen LogP contribution in [0.25, 0.3) is 11.3 Å². The highest BCUT2D eigenvalue weighted by molar-refractivity contribution is 6.07. The molecule has 1 amide bonds. The second-order valence-corrected chi connectivity index (χ2v) is 9.61. The second kappa shape index (κ2) is 11.9. The molecule has 10 nitrogen and oxygen atoms in total. The minimum absolute atomic E-state index is 0.00740. The molecule has 0 bridgehead atoms. The van der Waals surface area contributed by atoms with E-state index < -0.39 is 46.7 Å². The molecular formula is C27H31F2N5O5. The van der Waals surface area contributed by atoms with Crippen molar-refractivity contribution in [3.05, 3.63) is 59.6 Å². The van der Waals surface area contributed by atoms with Crippen molar-refractivity contribution in [2.24, 2.45) is 11.7 Å². The molecule has 2 aromatic heterocycles. The lowest BCUT2D eigenvalue weighted by atomic mass is 9.74. The number of pyridine rings is 2. The van der Waals surface area contributed by atoms with Crippen LogP contribution in [0.5, 0.6) is 11.5 Å². The number of nitrogen functional groups attached to an aromatic ring is 1. The van der Waals surface area contributed by atoms with Crippen LogP contribution in [-0.2, 0) is 4.74 Å². The summed E-state index contributed by atoms with van der Waals surface area (Å²) in [5.41, 5.74) is 11.4. The first-order chi connectivity index (χ1) is 18.6. The SMILES string of the molecule is COCCOc1cc(O)c(-c2nc(C(=O)Nc3cnccc3[C@H]3C[C@@H](N)[C@H](O)[C@@H](C)C3)c(N)cc2F)c(F)c1. The standard InChI is InChI=1S/C27H31F2N5O5/c1-13-7-14(8-20(31)26(13)36)16-3-4-32-12-21(16)33-27(37)25-19(30)11-18(29)24(34-25)23-17(28)9-15(10-22(23)35)39-6-5-38-2/h3-4,9-14,20,26,35-36H,5-8,30-31H2,1-2H3,(H,33,37)/t13-,14+,20+,26+/m0/s1. The molecule has 0 saturated heterocycles. The molecule has 12 heteroatoms. The van der Waals surface area contributed by atoms with E-state index in [4.69, 9.17) is 20.9 Å². The van der Waals surface area contributed by atoms with Crippen LogP contribution in [-0.4, -0.2) is 58.6 Å². The number of amides is 1. The van der Waals surface area contributed by atoms with Crippen LogP contribution in [0.15, 0.2) is 36.7 Å². The molecule has 208 valence electrons. The third kappa shape index (κ3) is 6.08. The number of nitrogens with one attached hydrogen (secondary N) is 1. The molecule has 4 atom stereocenters. The molecule has 7 N–H and O–H groups in total. The first-order valence-corrected chi connectivity index (χ1v) is 12.4. The number of carbonyl (C=O) groups excluding carboxylic acids is 1. The summed E-state index contributed by atoms with van der Waals surface area (Å²) in [7, 11) is 1.47. The van der Waals surface area contributed by atoms with Gasteiger partial charge in [0.25, 0.3) is 5.91 Å². The summed E-state index contributed by atoms with van der Waals surface area (Å²) in [6.07, 6.45) is 3.58. The summed E-state index contributed by atoms with van der Waals surface area (Å²) in [6, 6.07) is 4.25. The number of aliphatic hydroxyl groups excluding tert-OH is 1. The lowest BCUT2D eigenvalue weighted by Crippen LogP contribution is -2.44. The first-order valence-electron chi connectivity index (χ1n) is 12.4. The quantitative estimate of drug-likeness (QED) is 0.268. The smallest absolute Gasteiger partial charge is 0.276 e. The number of hydrogen-bond donors (Lipinski definition) is 5. The minimum Gasteiger partial charge on any atom is -0.507 e. The number of rotatable bonds is 8. The average molecular weight is 544 g/mol. The Morgan fingerprint density at radius 3 is 2.67 bits per heavy atom. The lowest BCUT2D eigenvalue weighted by molar-refractivity contribution is 0.0521. The van der Waals surface area contributed by atoms with Gasteiger partial charge < -0.3 is 36.5 Å². The molecule has 0 radical (unpaired) electrons. The maximum atomic E-state index is 15.0. The van der Waals surface area contributed by atoms with Gasteiger partial charge >= 0.3 is 0 Å². The van der Waals surface area contributed by atoms with Crippen molar-refractivity contribution >= 4 is 17.3 Å². The Balaban J connectivity index is 1.64. The van der Waals surface area contributed by atoms with Crippen molar-refractivity contribution in [3.63, 3.8) is 0 Å². The van der Waals surface area contributed by atoms with Crippen molar-refractivity contribution in [3.8, 4) is 22.8 Å². The molecule has 3 aromatic rings. The highest BCUT2D eigenvalue weighted by atomic mass is 19.1. The number of benzene rings is 1. The van der Waals surface area contributed by atoms with Gasteiger partial charge in [-0.2, -0.15) is 0 Å². The van der Waals surface area contributed by atoms with Gasteiger partial charge in [-0.3, -0.25) is 9.78 Å². The zero-order valence-electron chi connectivity index (χ0n) is 21.5. The van der Waals surface area contributed by atoms with Crippen LogP contribution in [0.1, 0.15) is 41.7 Å². The zero-order chi connectivity index (χ0) is 28.3. The number of nitrogens with two attached hydrogens (primary N) is 2. The fraction of sp³-hybridized carbons (Fsp3) is 0.370.